The van der Waals surface area contributed by atoms with Crippen LogP contribution in [0.2, 0.25) is 0 Å². The number of fused-ring (bicyclic) bond motifs is 2. The van der Waals surface area contributed by atoms with Crippen molar-refractivity contribution in [2.45, 2.75) is 18.6 Å². The van der Waals surface area contributed by atoms with Gasteiger partial charge in [-0.2, -0.15) is 0 Å². The van der Waals surface area contributed by atoms with E-state index in [0.717, 1.165) is 26.1 Å². The Morgan fingerprint density at radius 3 is 1.77 bits per heavy atom. The van der Waals surface area contributed by atoms with E-state index in [0.29, 0.717) is 0 Å². The highest BCUT2D eigenvalue weighted by Crippen LogP contribution is 2.31. The van der Waals surface area contributed by atoms with Crippen molar-refractivity contribution in [2.24, 2.45) is 0 Å². The van der Waals surface area contributed by atoms with Gasteiger partial charge in [-0.3, -0.25) is 0 Å². The molecule has 2 nitrogen and oxygen atoms in total. The van der Waals surface area contributed by atoms with Crippen LogP contribution in [0.1, 0.15) is 11.1 Å². The Morgan fingerprint density at radius 1 is 0.846 bits per heavy atom. The Labute approximate surface area is 77.5 Å². The first-order valence-corrected chi connectivity index (χ1v) is 4.72. The summed E-state index contributed by atoms with van der Waals surface area (Å²) in [6.45, 7) is 1.47. The summed E-state index contributed by atoms with van der Waals surface area (Å²) in [6.07, 6.45) is 1.78. The molecule has 0 radical (unpaired) electrons. The highest BCUT2D eigenvalue weighted by molar-refractivity contribution is 5.28. The Hall–Kier alpha value is -0.860. The molecule has 0 aromatic heterocycles. The summed E-state index contributed by atoms with van der Waals surface area (Å²) in [5.41, 5.74) is 2.62. The lowest BCUT2D eigenvalue weighted by Crippen LogP contribution is -2.34. The van der Waals surface area contributed by atoms with Crippen LogP contribution in [0.15, 0.2) is 24.3 Å². The van der Waals surface area contributed by atoms with Crippen molar-refractivity contribution in [1.29, 1.82) is 0 Å². The Morgan fingerprint density at radius 2 is 1.31 bits per heavy atom. The van der Waals surface area contributed by atoms with Gasteiger partial charge in [-0.25, -0.2) is 0 Å². The molecule has 1 spiro atoms. The maximum Gasteiger partial charge on any atom is 0.176 e. The molecule has 1 aliphatic heterocycles. The van der Waals surface area contributed by atoms with Gasteiger partial charge in [-0.05, 0) is 11.1 Å². The first kappa shape index (κ1) is 7.54. The topological polar surface area (TPSA) is 18.5 Å². The van der Waals surface area contributed by atoms with Crippen LogP contribution < -0.4 is 0 Å². The zero-order chi connectivity index (χ0) is 8.73. The van der Waals surface area contributed by atoms with Gasteiger partial charge in [0.25, 0.3) is 0 Å². The second-order valence-electron chi connectivity index (χ2n) is 3.78. The summed E-state index contributed by atoms with van der Waals surface area (Å²) >= 11 is 0. The standard InChI is InChI=1S/C11H12O2/c1-2-10-4-3-9(1)7-11(8-10)12-5-6-13-11/h1-4H,5-8H2. The van der Waals surface area contributed by atoms with Crippen molar-refractivity contribution in [3.63, 3.8) is 0 Å². The number of benzene rings is 1. The predicted molar refractivity (Wildman–Crippen MR) is 48.5 cm³/mol. The van der Waals surface area contributed by atoms with Crippen LogP contribution in [-0.4, -0.2) is 19.0 Å². The average molecular weight is 176 g/mol. The molecule has 1 heterocycles. The molecule has 13 heavy (non-hydrogen) atoms. The van der Waals surface area contributed by atoms with Crippen molar-refractivity contribution in [3.8, 4) is 0 Å². The van der Waals surface area contributed by atoms with Crippen molar-refractivity contribution >= 4 is 0 Å². The molecule has 1 aromatic carbocycles. The molecule has 68 valence electrons. The molecule has 2 aliphatic carbocycles. The number of rotatable bonds is 0. The van der Waals surface area contributed by atoms with Gasteiger partial charge in [0.1, 0.15) is 0 Å². The first-order chi connectivity index (χ1) is 6.36. The van der Waals surface area contributed by atoms with E-state index in [2.05, 4.69) is 24.3 Å². The number of hydrogen-bond donors (Lipinski definition) is 0. The van der Waals surface area contributed by atoms with Gasteiger partial charge in [-0.1, -0.05) is 24.3 Å². The fourth-order valence-corrected chi connectivity index (χ4v) is 2.16. The van der Waals surface area contributed by atoms with Crippen LogP contribution in [0.25, 0.3) is 0 Å². The Kier molecular flexibility index (Phi) is 1.49. The van der Waals surface area contributed by atoms with E-state index in [4.69, 9.17) is 9.47 Å². The molecule has 1 fully saturated rings. The van der Waals surface area contributed by atoms with Crippen LogP contribution in [-0.2, 0) is 22.3 Å². The highest BCUT2D eigenvalue weighted by atomic mass is 16.7. The minimum atomic E-state index is -0.336. The molecule has 4 rings (SSSR count). The molecule has 0 atom stereocenters. The fraction of sp³-hybridized carbons (Fsp3) is 0.455. The smallest absolute Gasteiger partial charge is 0.176 e. The highest BCUT2D eigenvalue weighted by Gasteiger charge is 2.38. The molecule has 0 saturated carbocycles. The van der Waals surface area contributed by atoms with E-state index in [-0.39, 0.29) is 5.79 Å². The third-order valence-electron chi connectivity index (χ3n) is 2.78. The maximum atomic E-state index is 5.70. The maximum absolute atomic E-state index is 5.70. The Bertz CT molecular complexity index is 282. The molecule has 2 bridgehead atoms. The van der Waals surface area contributed by atoms with Gasteiger partial charge < -0.3 is 9.47 Å². The Balaban J connectivity index is 2.01. The van der Waals surface area contributed by atoms with Crippen molar-refractivity contribution in [3.05, 3.63) is 35.4 Å². The van der Waals surface area contributed by atoms with Gasteiger partial charge in [0.05, 0.1) is 13.2 Å². The summed E-state index contributed by atoms with van der Waals surface area (Å²) in [7, 11) is 0. The van der Waals surface area contributed by atoms with Crippen LogP contribution in [0.3, 0.4) is 0 Å². The van der Waals surface area contributed by atoms with E-state index in [1.807, 2.05) is 0 Å². The molecule has 1 saturated heterocycles. The van der Waals surface area contributed by atoms with Gasteiger partial charge in [0.2, 0.25) is 0 Å². The van der Waals surface area contributed by atoms with E-state index in [9.17, 15) is 0 Å². The van der Waals surface area contributed by atoms with E-state index in [1.54, 1.807) is 0 Å². The third kappa shape index (κ3) is 1.18. The van der Waals surface area contributed by atoms with E-state index in [1.165, 1.54) is 11.1 Å². The monoisotopic (exact) mass is 176 g/mol. The van der Waals surface area contributed by atoms with Crippen LogP contribution in [0.5, 0.6) is 0 Å². The first-order valence-electron chi connectivity index (χ1n) is 4.72. The number of ether oxygens (including phenoxy) is 2. The SMILES string of the molecule is c1cc2ccc1CC1(C2)OCCO1. The quantitative estimate of drug-likeness (QED) is 0.596. The minimum absolute atomic E-state index is 0.336. The zero-order valence-electron chi connectivity index (χ0n) is 7.45. The molecule has 0 amide bonds. The average Bonchev–Trinajstić information content (AvgIpc) is 2.43. The normalized spacial score (nSPS) is 23.7. The molecular weight excluding hydrogens is 164 g/mol. The van der Waals surface area contributed by atoms with Crippen LogP contribution in [0.4, 0.5) is 0 Å². The van der Waals surface area contributed by atoms with E-state index >= 15 is 0 Å². The summed E-state index contributed by atoms with van der Waals surface area (Å²) in [5, 5.41) is 0. The second kappa shape index (κ2) is 2.56. The van der Waals surface area contributed by atoms with Gasteiger partial charge in [0.15, 0.2) is 5.79 Å². The molecule has 0 N–H and O–H groups in total. The molecule has 0 unspecified atom stereocenters. The summed E-state index contributed by atoms with van der Waals surface area (Å²) in [6, 6.07) is 8.65. The van der Waals surface area contributed by atoms with Crippen molar-refractivity contribution in [1.82, 2.24) is 0 Å². The minimum Gasteiger partial charge on any atom is -0.347 e. The fourth-order valence-electron chi connectivity index (χ4n) is 2.16. The number of hydrogen-bond acceptors (Lipinski definition) is 2. The summed E-state index contributed by atoms with van der Waals surface area (Å²) in [5.74, 6) is -0.336. The lowest BCUT2D eigenvalue weighted by molar-refractivity contribution is -0.153. The zero-order valence-corrected chi connectivity index (χ0v) is 7.45. The van der Waals surface area contributed by atoms with Gasteiger partial charge >= 0.3 is 0 Å². The molecule has 2 heteroatoms. The molecule has 1 aromatic rings. The largest absolute Gasteiger partial charge is 0.347 e. The van der Waals surface area contributed by atoms with E-state index < -0.39 is 0 Å². The van der Waals surface area contributed by atoms with Crippen LogP contribution >= 0.6 is 0 Å². The third-order valence-corrected chi connectivity index (χ3v) is 2.78. The van der Waals surface area contributed by atoms with Gasteiger partial charge in [-0.15, -0.1) is 0 Å². The summed E-state index contributed by atoms with van der Waals surface area (Å²) in [4.78, 5) is 0. The lowest BCUT2D eigenvalue weighted by Gasteiger charge is -2.25. The lowest BCUT2D eigenvalue weighted by atomic mass is 10.1. The molecular formula is C11H12O2. The summed E-state index contributed by atoms with van der Waals surface area (Å²) < 4.78 is 11.4. The van der Waals surface area contributed by atoms with Crippen LogP contribution in [0, 0.1) is 0 Å². The van der Waals surface area contributed by atoms with Gasteiger partial charge in [0, 0.05) is 12.8 Å². The predicted octanol–water partition coefficient (Wildman–Crippen LogP) is 1.53. The second-order valence-corrected chi connectivity index (χ2v) is 3.78. The molecule has 3 aliphatic rings. The van der Waals surface area contributed by atoms with Crippen molar-refractivity contribution in [2.75, 3.05) is 13.2 Å². The van der Waals surface area contributed by atoms with Crippen molar-refractivity contribution < 1.29 is 9.47 Å².